The number of benzene rings is 1. The molecular weight excluding hydrogens is 270 g/mol. The van der Waals surface area contributed by atoms with Crippen LogP contribution in [0.25, 0.3) is 0 Å². The molecule has 0 spiro atoms. The van der Waals surface area contributed by atoms with Crippen LogP contribution in [0.1, 0.15) is 22.8 Å². The molecule has 0 bridgehead atoms. The standard InChI is InChI=1S/C11H7F4NO3/c1-2-18-10(17)7-3-6(5-16)9(4-8(7)12)19-11(13,14)15/h3-4H,2H2,1H3. The number of carbonyl (C=O) groups is 1. The lowest BCUT2D eigenvalue weighted by Crippen LogP contribution is -2.18. The number of alkyl halides is 3. The van der Waals surface area contributed by atoms with E-state index >= 15 is 0 Å². The van der Waals surface area contributed by atoms with Gasteiger partial charge in [-0.1, -0.05) is 0 Å². The first-order valence-corrected chi connectivity index (χ1v) is 4.95. The SMILES string of the molecule is CCOC(=O)c1cc(C#N)c(OC(F)(F)F)cc1F. The Kier molecular flexibility index (Phi) is 4.32. The fourth-order valence-electron chi connectivity index (χ4n) is 1.22. The minimum atomic E-state index is -5.07. The smallest absolute Gasteiger partial charge is 0.462 e. The van der Waals surface area contributed by atoms with Gasteiger partial charge in [-0.25, -0.2) is 9.18 Å². The maximum Gasteiger partial charge on any atom is 0.573 e. The lowest BCUT2D eigenvalue weighted by Gasteiger charge is -2.11. The first-order valence-electron chi connectivity index (χ1n) is 4.95. The molecule has 0 radical (unpaired) electrons. The van der Waals surface area contributed by atoms with Crippen LogP contribution in [0.4, 0.5) is 17.6 Å². The first-order chi connectivity index (χ1) is 8.78. The summed E-state index contributed by atoms with van der Waals surface area (Å²) < 4.78 is 57.5. The van der Waals surface area contributed by atoms with Crippen molar-refractivity contribution in [1.82, 2.24) is 0 Å². The van der Waals surface area contributed by atoms with Crippen LogP contribution in [-0.2, 0) is 4.74 Å². The highest BCUT2D eigenvalue weighted by Crippen LogP contribution is 2.28. The highest BCUT2D eigenvalue weighted by Gasteiger charge is 2.33. The van der Waals surface area contributed by atoms with Crippen LogP contribution >= 0.6 is 0 Å². The number of nitriles is 1. The predicted molar refractivity (Wildman–Crippen MR) is 53.8 cm³/mol. The van der Waals surface area contributed by atoms with Crippen molar-refractivity contribution in [3.63, 3.8) is 0 Å². The number of rotatable bonds is 3. The zero-order valence-electron chi connectivity index (χ0n) is 9.55. The van der Waals surface area contributed by atoms with Gasteiger partial charge >= 0.3 is 12.3 Å². The van der Waals surface area contributed by atoms with E-state index in [1.54, 1.807) is 0 Å². The van der Waals surface area contributed by atoms with Gasteiger partial charge in [0.2, 0.25) is 0 Å². The van der Waals surface area contributed by atoms with Gasteiger partial charge in [-0.05, 0) is 13.0 Å². The molecule has 0 aliphatic carbocycles. The molecule has 19 heavy (non-hydrogen) atoms. The Balaban J connectivity index is 3.22. The molecule has 0 fully saturated rings. The van der Waals surface area contributed by atoms with Crippen molar-refractivity contribution >= 4 is 5.97 Å². The van der Waals surface area contributed by atoms with Crippen molar-refractivity contribution in [2.75, 3.05) is 6.61 Å². The van der Waals surface area contributed by atoms with Crippen LogP contribution in [0.5, 0.6) is 5.75 Å². The van der Waals surface area contributed by atoms with Crippen molar-refractivity contribution in [3.05, 3.63) is 29.1 Å². The second-order valence-corrected chi connectivity index (χ2v) is 3.21. The molecule has 0 aliphatic heterocycles. The lowest BCUT2D eigenvalue weighted by atomic mass is 10.1. The number of ether oxygens (including phenoxy) is 2. The van der Waals surface area contributed by atoms with E-state index in [1.165, 1.54) is 13.0 Å². The molecule has 1 aromatic carbocycles. The van der Waals surface area contributed by atoms with Gasteiger partial charge in [0.05, 0.1) is 17.7 Å². The van der Waals surface area contributed by atoms with E-state index in [0.29, 0.717) is 12.1 Å². The van der Waals surface area contributed by atoms with Crippen molar-refractivity contribution in [1.29, 1.82) is 5.26 Å². The van der Waals surface area contributed by atoms with Crippen LogP contribution in [0.3, 0.4) is 0 Å². The Bertz CT molecular complexity index is 534. The second-order valence-electron chi connectivity index (χ2n) is 3.21. The summed E-state index contributed by atoms with van der Waals surface area (Å²) in [5.41, 5.74) is -1.25. The molecule has 0 heterocycles. The Hall–Kier alpha value is -2.30. The van der Waals surface area contributed by atoms with E-state index in [1.807, 2.05) is 0 Å². The Labute approximate surface area is 105 Å². The number of nitrogens with zero attached hydrogens (tertiary/aromatic N) is 1. The zero-order chi connectivity index (χ0) is 14.6. The fourth-order valence-corrected chi connectivity index (χ4v) is 1.22. The summed E-state index contributed by atoms with van der Waals surface area (Å²) >= 11 is 0. The van der Waals surface area contributed by atoms with E-state index < -0.39 is 35.0 Å². The quantitative estimate of drug-likeness (QED) is 0.629. The molecule has 1 aromatic rings. The first kappa shape index (κ1) is 14.8. The van der Waals surface area contributed by atoms with Gasteiger partial charge in [-0.2, -0.15) is 5.26 Å². The van der Waals surface area contributed by atoms with Gasteiger partial charge in [0.25, 0.3) is 0 Å². The zero-order valence-corrected chi connectivity index (χ0v) is 9.55. The highest BCUT2D eigenvalue weighted by atomic mass is 19.4. The normalized spacial score (nSPS) is 10.7. The summed E-state index contributed by atoms with van der Waals surface area (Å²) in [6, 6.07) is 2.35. The van der Waals surface area contributed by atoms with E-state index in [2.05, 4.69) is 9.47 Å². The number of esters is 1. The second kappa shape index (κ2) is 5.56. The van der Waals surface area contributed by atoms with Crippen LogP contribution in [0.15, 0.2) is 12.1 Å². The van der Waals surface area contributed by atoms with Crippen LogP contribution in [-0.4, -0.2) is 18.9 Å². The van der Waals surface area contributed by atoms with Gasteiger partial charge < -0.3 is 9.47 Å². The number of hydrogen-bond acceptors (Lipinski definition) is 4. The molecule has 102 valence electrons. The van der Waals surface area contributed by atoms with Crippen LogP contribution in [0.2, 0.25) is 0 Å². The number of carbonyl (C=O) groups excluding carboxylic acids is 1. The molecule has 0 saturated carbocycles. The van der Waals surface area contributed by atoms with Crippen LogP contribution in [0, 0.1) is 17.1 Å². The molecule has 0 N–H and O–H groups in total. The molecule has 8 heteroatoms. The number of halogens is 4. The molecule has 4 nitrogen and oxygen atoms in total. The third-order valence-corrected chi connectivity index (χ3v) is 1.91. The maximum atomic E-state index is 13.5. The highest BCUT2D eigenvalue weighted by molar-refractivity contribution is 5.90. The van der Waals surface area contributed by atoms with Crippen molar-refractivity contribution < 1.29 is 31.8 Å². The average molecular weight is 277 g/mol. The molecule has 0 amide bonds. The van der Waals surface area contributed by atoms with Gasteiger partial charge in [-0.3, -0.25) is 0 Å². The largest absolute Gasteiger partial charge is 0.573 e. The maximum absolute atomic E-state index is 13.5. The van der Waals surface area contributed by atoms with Crippen molar-refractivity contribution in [2.24, 2.45) is 0 Å². The molecule has 0 saturated heterocycles. The van der Waals surface area contributed by atoms with Gasteiger partial charge in [0.15, 0.2) is 0 Å². The minimum absolute atomic E-state index is 0.0407. The number of hydrogen-bond donors (Lipinski definition) is 0. The molecule has 0 unspecified atom stereocenters. The van der Waals surface area contributed by atoms with Gasteiger partial charge in [0.1, 0.15) is 17.6 Å². The average Bonchev–Trinajstić information content (AvgIpc) is 2.27. The summed E-state index contributed by atoms with van der Waals surface area (Å²) in [6.07, 6.45) is -5.07. The molecule has 1 rings (SSSR count). The summed E-state index contributed by atoms with van der Waals surface area (Å²) in [5.74, 6) is -3.35. The minimum Gasteiger partial charge on any atom is -0.462 e. The molecule has 0 aromatic heterocycles. The van der Waals surface area contributed by atoms with Crippen molar-refractivity contribution in [3.8, 4) is 11.8 Å². The summed E-state index contributed by atoms with van der Waals surface area (Å²) in [6.45, 7) is 1.43. The predicted octanol–water partition coefficient (Wildman–Crippen LogP) is 2.77. The summed E-state index contributed by atoms with van der Waals surface area (Å²) in [5, 5.41) is 8.67. The molecular formula is C11H7F4NO3. The van der Waals surface area contributed by atoms with E-state index in [-0.39, 0.29) is 6.61 Å². The monoisotopic (exact) mass is 277 g/mol. The van der Waals surface area contributed by atoms with E-state index in [4.69, 9.17) is 5.26 Å². The van der Waals surface area contributed by atoms with E-state index in [9.17, 15) is 22.4 Å². The summed E-state index contributed by atoms with van der Waals surface area (Å²) in [7, 11) is 0. The summed E-state index contributed by atoms with van der Waals surface area (Å²) in [4.78, 5) is 11.3. The topological polar surface area (TPSA) is 59.3 Å². The third-order valence-electron chi connectivity index (χ3n) is 1.91. The third kappa shape index (κ3) is 3.84. The van der Waals surface area contributed by atoms with E-state index in [0.717, 1.165) is 0 Å². The fraction of sp³-hybridized carbons (Fsp3) is 0.273. The molecule has 0 aliphatic rings. The van der Waals surface area contributed by atoms with Crippen molar-refractivity contribution in [2.45, 2.75) is 13.3 Å². The lowest BCUT2D eigenvalue weighted by molar-refractivity contribution is -0.274. The van der Waals surface area contributed by atoms with Crippen LogP contribution < -0.4 is 4.74 Å². The van der Waals surface area contributed by atoms with Gasteiger partial charge in [-0.15, -0.1) is 13.2 Å². The Morgan fingerprint density at radius 3 is 2.53 bits per heavy atom. The Morgan fingerprint density at radius 1 is 1.42 bits per heavy atom. The molecule has 0 atom stereocenters. The van der Waals surface area contributed by atoms with Gasteiger partial charge in [0, 0.05) is 6.07 Å². The Morgan fingerprint density at radius 2 is 2.05 bits per heavy atom.